The summed E-state index contributed by atoms with van der Waals surface area (Å²) in [6.45, 7) is 0.727. The van der Waals surface area contributed by atoms with Gasteiger partial charge in [0.25, 0.3) is 0 Å². The summed E-state index contributed by atoms with van der Waals surface area (Å²) in [5, 5.41) is 6.99. The van der Waals surface area contributed by atoms with E-state index in [9.17, 15) is 4.91 Å². The van der Waals surface area contributed by atoms with Gasteiger partial charge in [0, 0.05) is 11.9 Å². The summed E-state index contributed by atoms with van der Waals surface area (Å²) >= 11 is 0. The van der Waals surface area contributed by atoms with Crippen LogP contribution in [0.2, 0.25) is 0 Å². The Morgan fingerprint density at radius 3 is 2.88 bits per heavy atom. The lowest BCUT2D eigenvalue weighted by molar-refractivity contribution is 0.715. The molecule has 0 atom stereocenters. The Hall–Kier alpha value is -1.90. The Morgan fingerprint density at radius 1 is 1.12 bits per heavy atom. The van der Waals surface area contributed by atoms with Crippen LogP contribution in [0.25, 0.3) is 10.8 Å². The largest absolute Gasteiger partial charge is 0.228 e. The van der Waals surface area contributed by atoms with E-state index in [0.29, 0.717) is 0 Å². The smallest absolute Gasteiger partial charge is 0.0736 e. The second-order valence-corrected chi connectivity index (χ2v) is 4.10. The van der Waals surface area contributed by atoms with Crippen LogP contribution in [-0.2, 0) is 6.42 Å². The van der Waals surface area contributed by atoms with Gasteiger partial charge in [0.05, 0.1) is 11.0 Å². The van der Waals surface area contributed by atoms with Crippen LogP contribution in [0.3, 0.4) is 0 Å². The molecule has 0 fully saturated rings. The van der Waals surface area contributed by atoms with E-state index < -0.39 is 0 Å². The van der Waals surface area contributed by atoms with Crippen LogP contribution >= 0.6 is 0 Å². The van der Waals surface area contributed by atoms with Gasteiger partial charge in [-0.1, -0.05) is 36.4 Å². The normalized spacial score (nSPS) is 14.9. The SMILES string of the molecule is O=NN1CCCc2ccc3ccccc3c21. The molecule has 2 aromatic rings. The maximum atomic E-state index is 10.8. The number of nitroso groups, excluding NO2 is 1. The zero-order chi connectivity index (χ0) is 11.0. The highest BCUT2D eigenvalue weighted by Gasteiger charge is 2.19. The third kappa shape index (κ3) is 1.28. The molecule has 0 aliphatic carbocycles. The second kappa shape index (κ2) is 3.59. The summed E-state index contributed by atoms with van der Waals surface area (Å²) in [7, 11) is 0. The lowest BCUT2D eigenvalue weighted by Crippen LogP contribution is -2.23. The van der Waals surface area contributed by atoms with Crippen molar-refractivity contribution in [2.75, 3.05) is 11.6 Å². The molecule has 3 heteroatoms. The van der Waals surface area contributed by atoms with Crippen molar-refractivity contribution in [3.63, 3.8) is 0 Å². The lowest BCUT2D eigenvalue weighted by Gasteiger charge is -2.25. The van der Waals surface area contributed by atoms with Gasteiger partial charge in [0.2, 0.25) is 0 Å². The fourth-order valence-corrected chi connectivity index (χ4v) is 2.42. The van der Waals surface area contributed by atoms with Crippen molar-refractivity contribution in [2.45, 2.75) is 12.8 Å². The van der Waals surface area contributed by atoms with E-state index in [-0.39, 0.29) is 0 Å². The van der Waals surface area contributed by atoms with E-state index >= 15 is 0 Å². The van der Waals surface area contributed by atoms with Crippen molar-refractivity contribution in [3.8, 4) is 0 Å². The molecule has 80 valence electrons. The molecular formula is C13H12N2O. The Morgan fingerprint density at radius 2 is 2.00 bits per heavy atom. The molecule has 2 aromatic carbocycles. The molecule has 0 saturated heterocycles. The molecule has 0 bridgehead atoms. The fourth-order valence-electron chi connectivity index (χ4n) is 2.42. The van der Waals surface area contributed by atoms with Crippen molar-refractivity contribution in [2.24, 2.45) is 5.29 Å². The molecule has 1 heterocycles. The molecule has 3 nitrogen and oxygen atoms in total. The van der Waals surface area contributed by atoms with Crippen molar-refractivity contribution < 1.29 is 0 Å². The molecule has 3 rings (SSSR count). The number of anilines is 1. The van der Waals surface area contributed by atoms with Crippen molar-refractivity contribution in [1.82, 2.24) is 0 Å². The summed E-state index contributed by atoms with van der Waals surface area (Å²) in [4.78, 5) is 10.8. The summed E-state index contributed by atoms with van der Waals surface area (Å²) in [5.41, 5.74) is 2.23. The van der Waals surface area contributed by atoms with E-state index in [2.05, 4.69) is 29.6 Å². The van der Waals surface area contributed by atoms with Crippen LogP contribution in [-0.4, -0.2) is 6.54 Å². The lowest BCUT2D eigenvalue weighted by atomic mass is 9.97. The Kier molecular flexibility index (Phi) is 2.10. The highest BCUT2D eigenvalue weighted by molar-refractivity contribution is 5.96. The minimum absolute atomic E-state index is 0.727. The first-order valence-electron chi connectivity index (χ1n) is 5.51. The standard InChI is InChI=1S/C13H12N2O/c16-14-15-9-3-5-11-8-7-10-4-1-2-6-12(10)13(11)15/h1-2,4,6-8H,3,5,9H2. The summed E-state index contributed by atoms with van der Waals surface area (Å²) in [6.07, 6.45) is 2.03. The predicted molar refractivity (Wildman–Crippen MR) is 65.4 cm³/mol. The van der Waals surface area contributed by atoms with Crippen molar-refractivity contribution in [1.29, 1.82) is 0 Å². The average molecular weight is 212 g/mol. The summed E-state index contributed by atoms with van der Waals surface area (Å²) in [6, 6.07) is 12.3. The van der Waals surface area contributed by atoms with Crippen LogP contribution < -0.4 is 5.01 Å². The minimum Gasteiger partial charge on any atom is -0.228 e. The maximum absolute atomic E-state index is 10.8. The number of fused-ring (bicyclic) bond motifs is 3. The first-order valence-corrected chi connectivity index (χ1v) is 5.51. The minimum atomic E-state index is 0.727. The van der Waals surface area contributed by atoms with Gasteiger partial charge in [0.1, 0.15) is 0 Å². The Bertz CT molecular complexity index is 551. The van der Waals surface area contributed by atoms with E-state index in [4.69, 9.17) is 0 Å². The molecule has 0 amide bonds. The summed E-state index contributed by atoms with van der Waals surface area (Å²) in [5.74, 6) is 0. The predicted octanol–water partition coefficient (Wildman–Crippen LogP) is 3.27. The van der Waals surface area contributed by atoms with Gasteiger partial charge in [-0.2, -0.15) is 0 Å². The second-order valence-electron chi connectivity index (χ2n) is 4.10. The van der Waals surface area contributed by atoms with Gasteiger partial charge in [-0.25, -0.2) is 5.01 Å². The highest BCUT2D eigenvalue weighted by atomic mass is 16.3. The number of hydrogen-bond acceptors (Lipinski definition) is 2. The molecular weight excluding hydrogens is 200 g/mol. The topological polar surface area (TPSA) is 32.7 Å². The van der Waals surface area contributed by atoms with Gasteiger partial charge in [0.15, 0.2) is 0 Å². The third-order valence-electron chi connectivity index (χ3n) is 3.16. The first kappa shape index (κ1) is 9.33. The average Bonchev–Trinajstić information content (AvgIpc) is 2.37. The Labute approximate surface area is 93.6 Å². The zero-order valence-corrected chi connectivity index (χ0v) is 8.89. The van der Waals surface area contributed by atoms with Gasteiger partial charge < -0.3 is 0 Å². The fraction of sp³-hybridized carbons (Fsp3) is 0.231. The van der Waals surface area contributed by atoms with Crippen LogP contribution in [0.5, 0.6) is 0 Å². The quantitative estimate of drug-likeness (QED) is 0.679. The van der Waals surface area contributed by atoms with Crippen LogP contribution in [0, 0.1) is 4.91 Å². The molecule has 1 aliphatic heterocycles. The summed E-state index contributed by atoms with van der Waals surface area (Å²) < 4.78 is 0. The monoisotopic (exact) mass is 212 g/mol. The first-order chi connectivity index (χ1) is 7.90. The maximum Gasteiger partial charge on any atom is 0.0736 e. The third-order valence-corrected chi connectivity index (χ3v) is 3.16. The van der Waals surface area contributed by atoms with Crippen molar-refractivity contribution >= 4 is 16.5 Å². The number of benzene rings is 2. The zero-order valence-electron chi connectivity index (χ0n) is 8.89. The highest BCUT2D eigenvalue weighted by Crippen LogP contribution is 2.34. The van der Waals surface area contributed by atoms with E-state index in [0.717, 1.165) is 35.8 Å². The van der Waals surface area contributed by atoms with Gasteiger partial charge in [-0.05, 0) is 23.8 Å². The molecule has 0 N–H and O–H groups in total. The number of nitrogens with zero attached hydrogens (tertiary/aromatic N) is 2. The van der Waals surface area contributed by atoms with Gasteiger partial charge in [-0.3, -0.25) is 0 Å². The molecule has 0 radical (unpaired) electrons. The number of aryl methyl sites for hydroxylation is 1. The van der Waals surface area contributed by atoms with Gasteiger partial charge in [-0.15, -0.1) is 4.91 Å². The molecule has 0 saturated carbocycles. The number of rotatable bonds is 1. The number of hydrogen-bond donors (Lipinski definition) is 0. The van der Waals surface area contributed by atoms with Crippen LogP contribution in [0.15, 0.2) is 41.7 Å². The Balaban J connectivity index is 2.34. The van der Waals surface area contributed by atoms with Crippen LogP contribution in [0.4, 0.5) is 5.69 Å². The van der Waals surface area contributed by atoms with Crippen LogP contribution in [0.1, 0.15) is 12.0 Å². The molecule has 16 heavy (non-hydrogen) atoms. The van der Waals surface area contributed by atoms with Gasteiger partial charge >= 0.3 is 0 Å². The van der Waals surface area contributed by atoms with E-state index in [1.165, 1.54) is 5.56 Å². The molecule has 0 spiro atoms. The molecule has 0 aromatic heterocycles. The molecule has 1 aliphatic rings. The van der Waals surface area contributed by atoms with E-state index in [1.807, 2.05) is 12.1 Å². The van der Waals surface area contributed by atoms with Crippen molar-refractivity contribution in [3.05, 3.63) is 46.9 Å². The van der Waals surface area contributed by atoms with E-state index in [1.54, 1.807) is 5.01 Å². The molecule has 0 unspecified atom stereocenters.